The van der Waals surface area contributed by atoms with Crippen LogP contribution < -0.4 is 4.74 Å². The van der Waals surface area contributed by atoms with Gasteiger partial charge in [-0.05, 0) is 12.1 Å². The summed E-state index contributed by atoms with van der Waals surface area (Å²) in [4.78, 5) is 5.30. The van der Waals surface area contributed by atoms with Gasteiger partial charge in [0.2, 0.25) is 0 Å². The van der Waals surface area contributed by atoms with Crippen LogP contribution >= 0.6 is 27.3 Å². The Kier molecular flexibility index (Phi) is 3.90. The Morgan fingerprint density at radius 1 is 1.38 bits per heavy atom. The number of nitrogens with zero attached hydrogens (tertiary/aromatic N) is 1. The lowest BCUT2D eigenvalue weighted by atomic mass is 10.3. The number of ether oxygens (including phenoxy) is 1. The average Bonchev–Trinajstić information content (AvgIpc) is 2.76. The molecule has 0 N–H and O–H groups in total. The number of para-hydroxylation sites is 1. The van der Waals surface area contributed by atoms with Crippen LogP contribution in [0.4, 0.5) is 4.39 Å². The second-order valence-electron chi connectivity index (χ2n) is 3.07. The van der Waals surface area contributed by atoms with E-state index in [1.54, 1.807) is 35.7 Å². The maximum absolute atomic E-state index is 13.2. The van der Waals surface area contributed by atoms with Crippen LogP contribution in [0, 0.1) is 5.82 Å². The van der Waals surface area contributed by atoms with Gasteiger partial charge in [-0.1, -0.05) is 28.1 Å². The highest BCUT2D eigenvalue weighted by molar-refractivity contribution is 9.08. The van der Waals surface area contributed by atoms with Crippen LogP contribution in [0.5, 0.6) is 5.75 Å². The number of alkyl halides is 1. The molecule has 0 radical (unpaired) electrons. The molecule has 0 saturated heterocycles. The van der Waals surface area contributed by atoms with Crippen molar-refractivity contribution in [2.75, 3.05) is 0 Å². The highest BCUT2D eigenvalue weighted by Gasteiger charge is 2.04. The molecular formula is C11H9BrFNOS. The van der Waals surface area contributed by atoms with E-state index in [0.717, 1.165) is 15.2 Å². The molecule has 0 spiro atoms. The summed E-state index contributed by atoms with van der Waals surface area (Å²) in [6, 6.07) is 6.36. The third-order valence-electron chi connectivity index (χ3n) is 1.92. The SMILES string of the molecule is Fc1ccccc1OCc1ncc(CBr)s1. The molecular weight excluding hydrogens is 293 g/mol. The summed E-state index contributed by atoms with van der Waals surface area (Å²) in [5, 5.41) is 1.63. The van der Waals surface area contributed by atoms with Crippen LogP contribution in [-0.2, 0) is 11.9 Å². The monoisotopic (exact) mass is 301 g/mol. The van der Waals surface area contributed by atoms with E-state index in [4.69, 9.17) is 4.74 Å². The van der Waals surface area contributed by atoms with Gasteiger partial charge < -0.3 is 4.74 Å². The maximum atomic E-state index is 13.2. The topological polar surface area (TPSA) is 22.1 Å². The summed E-state index contributed by atoms with van der Waals surface area (Å²) < 4.78 is 18.6. The van der Waals surface area contributed by atoms with E-state index >= 15 is 0 Å². The minimum Gasteiger partial charge on any atom is -0.483 e. The molecule has 2 nitrogen and oxygen atoms in total. The summed E-state index contributed by atoms with van der Waals surface area (Å²) in [5.74, 6) is -0.0853. The van der Waals surface area contributed by atoms with Crippen molar-refractivity contribution >= 4 is 27.3 Å². The second kappa shape index (κ2) is 5.41. The number of rotatable bonds is 4. The van der Waals surface area contributed by atoms with Gasteiger partial charge >= 0.3 is 0 Å². The molecule has 16 heavy (non-hydrogen) atoms. The molecule has 1 heterocycles. The Labute approximate surface area is 105 Å². The van der Waals surface area contributed by atoms with Crippen molar-refractivity contribution in [3.8, 4) is 5.75 Å². The fraction of sp³-hybridized carbons (Fsp3) is 0.182. The first kappa shape index (κ1) is 11.5. The van der Waals surface area contributed by atoms with Gasteiger partial charge in [-0.15, -0.1) is 11.3 Å². The number of hydrogen-bond acceptors (Lipinski definition) is 3. The molecule has 0 aliphatic heterocycles. The predicted octanol–water partition coefficient (Wildman–Crippen LogP) is 3.76. The fourth-order valence-corrected chi connectivity index (χ4v) is 2.35. The fourth-order valence-electron chi connectivity index (χ4n) is 1.18. The highest BCUT2D eigenvalue weighted by atomic mass is 79.9. The minimum atomic E-state index is -0.347. The zero-order valence-electron chi connectivity index (χ0n) is 8.32. The average molecular weight is 302 g/mol. The molecule has 0 fully saturated rings. The summed E-state index contributed by atoms with van der Waals surface area (Å²) >= 11 is 4.90. The number of aromatic nitrogens is 1. The number of benzene rings is 1. The van der Waals surface area contributed by atoms with Gasteiger partial charge in [0, 0.05) is 16.4 Å². The van der Waals surface area contributed by atoms with Crippen molar-refractivity contribution < 1.29 is 9.13 Å². The minimum absolute atomic E-state index is 0.262. The summed E-state index contributed by atoms with van der Waals surface area (Å²) in [6.07, 6.45) is 1.79. The first-order chi connectivity index (χ1) is 7.79. The van der Waals surface area contributed by atoms with Crippen LogP contribution in [-0.4, -0.2) is 4.98 Å². The van der Waals surface area contributed by atoms with E-state index in [1.807, 2.05) is 0 Å². The molecule has 5 heteroatoms. The van der Waals surface area contributed by atoms with E-state index in [-0.39, 0.29) is 11.6 Å². The van der Waals surface area contributed by atoms with Gasteiger partial charge in [-0.2, -0.15) is 0 Å². The van der Waals surface area contributed by atoms with Crippen LogP contribution in [0.15, 0.2) is 30.5 Å². The van der Waals surface area contributed by atoms with Crippen molar-refractivity contribution in [2.24, 2.45) is 0 Å². The van der Waals surface area contributed by atoms with E-state index < -0.39 is 0 Å². The van der Waals surface area contributed by atoms with Gasteiger partial charge in [0.05, 0.1) is 0 Å². The predicted molar refractivity (Wildman–Crippen MR) is 65.5 cm³/mol. The van der Waals surface area contributed by atoms with Gasteiger partial charge in [-0.25, -0.2) is 9.37 Å². The molecule has 0 aliphatic rings. The van der Waals surface area contributed by atoms with Crippen molar-refractivity contribution in [1.29, 1.82) is 0 Å². The van der Waals surface area contributed by atoms with Crippen molar-refractivity contribution in [1.82, 2.24) is 4.98 Å². The lowest BCUT2D eigenvalue weighted by Gasteiger charge is -2.04. The number of hydrogen-bond donors (Lipinski definition) is 0. The molecule has 0 bridgehead atoms. The van der Waals surface area contributed by atoms with Gasteiger partial charge in [-0.3, -0.25) is 0 Å². The Balaban J connectivity index is 1.99. The van der Waals surface area contributed by atoms with E-state index in [2.05, 4.69) is 20.9 Å². The summed E-state index contributed by atoms with van der Waals surface area (Å²) in [7, 11) is 0. The van der Waals surface area contributed by atoms with Gasteiger partial charge in [0.1, 0.15) is 11.6 Å². The third kappa shape index (κ3) is 2.80. The van der Waals surface area contributed by atoms with Crippen molar-refractivity contribution in [2.45, 2.75) is 11.9 Å². The zero-order chi connectivity index (χ0) is 11.4. The maximum Gasteiger partial charge on any atom is 0.165 e. The Morgan fingerprint density at radius 3 is 2.88 bits per heavy atom. The van der Waals surface area contributed by atoms with E-state index in [0.29, 0.717) is 6.61 Å². The third-order valence-corrected chi connectivity index (χ3v) is 3.87. The van der Waals surface area contributed by atoms with E-state index in [9.17, 15) is 4.39 Å². The van der Waals surface area contributed by atoms with Crippen LogP contribution in [0.2, 0.25) is 0 Å². The largest absolute Gasteiger partial charge is 0.483 e. The molecule has 0 aliphatic carbocycles. The highest BCUT2D eigenvalue weighted by Crippen LogP contribution is 2.20. The molecule has 84 valence electrons. The summed E-state index contributed by atoms with van der Waals surface area (Å²) in [5.41, 5.74) is 0. The van der Waals surface area contributed by atoms with Crippen LogP contribution in [0.1, 0.15) is 9.88 Å². The molecule has 2 aromatic rings. The Hall–Kier alpha value is -0.940. The quantitative estimate of drug-likeness (QED) is 0.802. The molecule has 1 aromatic carbocycles. The van der Waals surface area contributed by atoms with E-state index in [1.165, 1.54) is 6.07 Å². The molecule has 2 rings (SSSR count). The smallest absolute Gasteiger partial charge is 0.165 e. The second-order valence-corrected chi connectivity index (χ2v) is 4.83. The zero-order valence-corrected chi connectivity index (χ0v) is 10.7. The molecule has 1 aromatic heterocycles. The standard InChI is InChI=1S/C11H9BrFNOS/c12-5-8-6-14-11(16-8)7-15-10-4-2-1-3-9(10)13/h1-4,6H,5,7H2. The first-order valence-corrected chi connectivity index (χ1v) is 6.60. The Bertz CT molecular complexity index is 475. The van der Waals surface area contributed by atoms with Crippen LogP contribution in [0.3, 0.4) is 0 Å². The van der Waals surface area contributed by atoms with Gasteiger partial charge in [0.15, 0.2) is 11.6 Å². The van der Waals surface area contributed by atoms with Crippen molar-refractivity contribution in [3.63, 3.8) is 0 Å². The molecule has 0 saturated carbocycles. The van der Waals surface area contributed by atoms with Crippen LogP contribution in [0.25, 0.3) is 0 Å². The number of halogens is 2. The molecule has 0 unspecified atom stereocenters. The van der Waals surface area contributed by atoms with Crippen molar-refractivity contribution in [3.05, 3.63) is 46.2 Å². The first-order valence-electron chi connectivity index (χ1n) is 4.66. The lowest BCUT2D eigenvalue weighted by molar-refractivity contribution is 0.290. The molecule has 0 amide bonds. The molecule has 0 atom stereocenters. The van der Waals surface area contributed by atoms with Gasteiger partial charge in [0.25, 0.3) is 0 Å². The Morgan fingerprint density at radius 2 is 2.19 bits per heavy atom. The normalized spacial score (nSPS) is 10.4. The lowest BCUT2D eigenvalue weighted by Crippen LogP contribution is -1.96. The number of thiazole rings is 1. The summed E-state index contributed by atoms with van der Waals surface area (Å²) in [6.45, 7) is 0.304.